The van der Waals surface area contributed by atoms with E-state index in [9.17, 15) is 33.6 Å². The maximum Gasteiger partial charge on any atom is 0.295 e. The molecule has 0 bridgehead atoms. The second kappa shape index (κ2) is 22.8. The van der Waals surface area contributed by atoms with Crippen molar-refractivity contribution in [2.45, 2.75) is 0 Å². The average Bonchev–Trinajstić information content (AvgIpc) is 4.05. The number of carbonyl (C=O) groups is 7. The number of ketones is 2. The van der Waals surface area contributed by atoms with Gasteiger partial charge in [-0.05, 0) is 48.5 Å². The van der Waals surface area contributed by atoms with Crippen LogP contribution in [0.5, 0.6) is 0 Å². The summed E-state index contributed by atoms with van der Waals surface area (Å²) in [6.07, 6.45) is 3.02. The van der Waals surface area contributed by atoms with Gasteiger partial charge in [0.05, 0.1) is 33.5 Å². The second-order valence-electron chi connectivity index (χ2n) is 15.4. The first-order chi connectivity index (χ1) is 33.0. The number of aromatic amines is 2. The fourth-order valence-corrected chi connectivity index (χ4v) is 7.87. The topological polar surface area (TPSA) is 202 Å². The number of nitrogen functional groups attached to an aromatic ring is 1. The Kier molecular flexibility index (Phi) is 16.3. The van der Waals surface area contributed by atoms with Crippen LogP contribution in [0, 0.1) is 0 Å². The van der Waals surface area contributed by atoms with Crippen molar-refractivity contribution in [1.82, 2.24) is 29.6 Å². The highest BCUT2D eigenvalue weighted by Crippen LogP contribution is 2.28. The van der Waals surface area contributed by atoms with Crippen LogP contribution in [0.1, 0.15) is 51.8 Å². The molecule has 346 valence electrons. The highest BCUT2D eigenvalue weighted by atomic mass is 33.2. The van der Waals surface area contributed by atoms with Crippen molar-refractivity contribution in [3.05, 3.63) is 168 Å². The van der Waals surface area contributed by atoms with Gasteiger partial charge in [-0.15, -0.1) is 0 Å². The molecule has 2 aliphatic heterocycles. The van der Waals surface area contributed by atoms with Gasteiger partial charge in [-0.2, -0.15) is 0 Å². The molecular formula is C49H44N8O7S4. The Labute approximate surface area is 406 Å². The number of carbonyl (C=O) groups excluding carboxylic acids is 7. The van der Waals surface area contributed by atoms with Crippen LogP contribution in [0.25, 0.3) is 21.8 Å². The van der Waals surface area contributed by atoms with Gasteiger partial charge < -0.3 is 40.6 Å². The molecule has 15 nitrogen and oxygen atoms in total. The molecule has 7 aromatic rings. The molecule has 0 aliphatic carbocycles. The Morgan fingerprint density at radius 1 is 0.471 bits per heavy atom. The van der Waals surface area contributed by atoms with Gasteiger partial charge in [-0.25, -0.2) is 0 Å². The minimum atomic E-state index is -0.629. The Bertz CT molecular complexity index is 3070. The zero-order chi connectivity index (χ0) is 48.2. The molecule has 4 heterocycles. The number of para-hydroxylation sites is 2. The van der Waals surface area contributed by atoms with E-state index in [-0.39, 0.29) is 36.4 Å². The molecule has 2 aliphatic rings. The molecule has 0 saturated carbocycles. The van der Waals surface area contributed by atoms with E-state index in [1.165, 1.54) is 40.0 Å². The molecule has 0 unspecified atom stereocenters. The lowest BCUT2D eigenvalue weighted by atomic mass is 10.1. The maximum absolute atomic E-state index is 13.1. The summed E-state index contributed by atoms with van der Waals surface area (Å²) in [6, 6.07) is 37.3. The lowest BCUT2D eigenvalue weighted by Gasteiger charge is -2.34. The molecule has 68 heavy (non-hydrogen) atoms. The Balaban J connectivity index is 0.000000192. The number of aromatic nitrogens is 2. The number of nitrogens with one attached hydrogen (secondary N) is 3. The van der Waals surface area contributed by atoms with Crippen molar-refractivity contribution in [1.29, 1.82) is 0 Å². The zero-order valence-electron chi connectivity index (χ0n) is 36.3. The SMILES string of the molecule is Nc1cccc2c(C(=O)C(=O)N3CCN(C(=O)c4ccccc4)CC3)c[nH]c12.O=C(Nc1cccc2c(C(=O)C(=O)N3CCN(C(=O)c4ccccc4)CC3)c[nH]c12)c1ccccc1.S=S=S=S. The number of Topliss-reactive ketones (excluding diaryl/α,β-unsaturated/α-hetero) is 2. The van der Waals surface area contributed by atoms with Crippen molar-refractivity contribution in [3.8, 4) is 0 Å². The summed E-state index contributed by atoms with van der Waals surface area (Å²) >= 11 is 8.66. The van der Waals surface area contributed by atoms with E-state index in [2.05, 4.69) is 37.7 Å². The van der Waals surface area contributed by atoms with Crippen molar-refractivity contribution in [2.75, 3.05) is 63.4 Å². The molecule has 0 spiro atoms. The third kappa shape index (κ3) is 11.2. The number of hydrogen-bond donors (Lipinski definition) is 4. The number of rotatable bonds is 8. The lowest BCUT2D eigenvalue weighted by molar-refractivity contribution is -0.128. The van der Waals surface area contributed by atoms with Gasteiger partial charge in [0, 0.05) is 132 Å². The third-order valence-electron chi connectivity index (χ3n) is 11.4. The number of hydrogen-bond acceptors (Lipinski definition) is 10. The number of piperazine rings is 2. The van der Waals surface area contributed by atoms with E-state index in [1.807, 2.05) is 42.5 Å². The number of anilines is 2. The minimum Gasteiger partial charge on any atom is -0.397 e. The number of nitrogens with two attached hydrogens (primary N) is 1. The first-order valence-electron chi connectivity index (χ1n) is 21.3. The fraction of sp³-hybridized carbons (Fsp3) is 0.163. The number of benzene rings is 5. The van der Waals surface area contributed by atoms with Crippen LogP contribution in [0.15, 0.2) is 140 Å². The highest BCUT2D eigenvalue weighted by Gasteiger charge is 2.32. The Morgan fingerprint density at radius 2 is 0.853 bits per heavy atom. The summed E-state index contributed by atoms with van der Waals surface area (Å²) in [7, 11) is 2.34. The van der Waals surface area contributed by atoms with Crippen LogP contribution in [-0.4, -0.2) is 123 Å². The smallest absolute Gasteiger partial charge is 0.295 e. The van der Waals surface area contributed by atoms with E-state index in [1.54, 1.807) is 94.7 Å². The summed E-state index contributed by atoms with van der Waals surface area (Å²) in [4.78, 5) is 102. The molecule has 0 atom stereocenters. The lowest BCUT2D eigenvalue weighted by Crippen LogP contribution is -2.52. The molecule has 5 amide bonds. The monoisotopic (exact) mass is 984 g/mol. The molecule has 5 aromatic carbocycles. The summed E-state index contributed by atoms with van der Waals surface area (Å²) in [5.41, 5.74) is 10.5. The van der Waals surface area contributed by atoms with Gasteiger partial charge in [0.15, 0.2) is 0 Å². The van der Waals surface area contributed by atoms with Crippen molar-refractivity contribution >= 4 is 114 Å². The molecular weight excluding hydrogens is 941 g/mol. The molecule has 0 radical (unpaired) electrons. The standard InChI is InChI=1S/C28H24N4O4.C21H20N4O3.S4/c33-25(28(36)32-16-14-31(15-17-32)27(35)20-10-5-2-6-11-20)22-18-29-24-21(22)12-7-13-23(24)30-26(34)19-8-3-1-4-9-19;22-17-8-4-7-15-16(13-23-18(15)17)19(26)21(28)25-11-9-24(10-12-25)20(27)14-5-2-1-3-6-14;1-3-4-2/h1-13,18,29H,14-17H2,(H,30,34);1-8,13,23H,9-12,22H2;. The van der Waals surface area contributed by atoms with Gasteiger partial charge in [0.25, 0.3) is 41.1 Å². The van der Waals surface area contributed by atoms with Gasteiger partial charge >= 0.3 is 0 Å². The van der Waals surface area contributed by atoms with Crippen LogP contribution in [0.4, 0.5) is 11.4 Å². The van der Waals surface area contributed by atoms with Crippen LogP contribution in [-0.2, 0) is 49.7 Å². The molecule has 5 N–H and O–H groups in total. The largest absolute Gasteiger partial charge is 0.397 e. The molecule has 2 saturated heterocycles. The molecule has 2 aromatic heterocycles. The highest BCUT2D eigenvalue weighted by molar-refractivity contribution is 8.51. The number of nitrogens with zero attached hydrogens (tertiary/aromatic N) is 4. The van der Waals surface area contributed by atoms with E-state index in [4.69, 9.17) is 5.73 Å². The predicted molar refractivity (Wildman–Crippen MR) is 271 cm³/mol. The Hall–Kier alpha value is -7.45. The predicted octanol–water partition coefficient (Wildman–Crippen LogP) is 5.50. The van der Waals surface area contributed by atoms with Crippen LogP contribution < -0.4 is 11.1 Å². The third-order valence-corrected chi connectivity index (χ3v) is 13.6. The Morgan fingerprint density at radius 3 is 1.29 bits per heavy atom. The van der Waals surface area contributed by atoms with Crippen LogP contribution in [0.3, 0.4) is 0 Å². The fourth-order valence-electron chi connectivity index (χ4n) is 7.87. The average molecular weight is 985 g/mol. The number of H-pyrrole nitrogens is 2. The van der Waals surface area contributed by atoms with E-state index in [0.29, 0.717) is 94.7 Å². The minimum absolute atomic E-state index is 0.0638. The van der Waals surface area contributed by atoms with Gasteiger partial charge in [0.1, 0.15) is 0 Å². The quantitative estimate of drug-likeness (QED) is 0.0857. The van der Waals surface area contributed by atoms with Crippen molar-refractivity contribution in [2.24, 2.45) is 0 Å². The number of fused-ring (bicyclic) bond motifs is 2. The summed E-state index contributed by atoms with van der Waals surface area (Å²) < 4.78 is 0. The van der Waals surface area contributed by atoms with Gasteiger partial charge in [-0.3, -0.25) is 33.6 Å². The molecule has 19 heteroatoms. The van der Waals surface area contributed by atoms with Crippen molar-refractivity contribution in [3.63, 3.8) is 0 Å². The van der Waals surface area contributed by atoms with Crippen LogP contribution >= 0.6 is 0 Å². The number of amides is 5. The summed E-state index contributed by atoms with van der Waals surface area (Å²) in [6.45, 7) is 2.73. The molecule has 2 fully saturated rings. The van der Waals surface area contributed by atoms with Crippen molar-refractivity contribution < 1.29 is 33.6 Å². The summed E-state index contributed by atoms with van der Waals surface area (Å²) in [5, 5.41) is 4.05. The first-order valence-corrected chi connectivity index (χ1v) is 25.3. The van der Waals surface area contributed by atoms with E-state index < -0.39 is 23.4 Å². The molecule has 9 rings (SSSR count). The van der Waals surface area contributed by atoms with Gasteiger partial charge in [0.2, 0.25) is 0 Å². The zero-order valence-corrected chi connectivity index (χ0v) is 39.6. The van der Waals surface area contributed by atoms with Crippen LogP contribution in [0.2, 0.25) is 0 Å². The van der Waals surface area contributed by atoms with Gasteiger partial charge in [-0.1, -0.05) is 78.9 Å². The summed E-state index contributed by atoms with van der Waals surface area (Å²) in [5.74, 6) is -2.79. The second-order valence-corrected chi connectivity index (χ2v) is 19.0. The first kappa shape index (κ1) is 48.5. The maximum atomic E-state index is 13.1. The van der Waals surface area contributed by atoms with E-state index >= 15 is 0 Å². The normalized spacial score (nSPS) is 13.3. The van der Waals surface area contributed by atoms with E-state index in [0.717, 1.165) is 0 Å².